The first-order valence-electron chi connectivity index (χ1n) is 5.87. The molecule has 3 heteroatoms. The maximum atomic E-state index is 13.3. The molecule has 0 bridgehead atoms. The van der Waals surface area contributed by atoms with Crippen LogP contribution in [0.15, 0.2) is 18.2 Å². The molecule has 0 amide bonds. The van der Waals surface area contributed by atoms with Gasteiger partial charge in [0.15, 0.2) is 0 Å². The standard InChI is InChI=1S/C13H19FN2/c1-15-7-5-10-6-8-16(2)13-4-3-11(14)9-12(10)13/h3-4,9-10,15H,5-8H2,1-2H3. The number of fused-ring (bicyclic) bond motifs is 1. The van der Waals surface area contributed by atoms with E-state index in [0.717, 1.165) is 25.9 Å². The fraction of sp³-hybridized carbons (Fsp3) is 0.538. The molecule has 1 aromatic rings. The van der Waals surface area contributed by atoms with Crippen molar-refractivity contribution in [3.63, 3.8) is 0 Å². The molecule has 0 radical (unpaired) electrons. The second kappa shape index (κ2) is 4.83. The number of nitrogens with zero attached hydrogens (tertiary/aromatic N) is 1. The van der Waals surface area contributed by atoms with E-state index in [-0.39, 0.29) is 5.82 Å². The van der Waals surface area contributed by atoms with Gasteiger partial charge in [0.05, 0.1) is 0 Å². The number of anilines is 1. The summed E-state index contributed by atoms with van der Waals surface area (Å²) in [6.07, 6.45) is 2.20. The molecule has 1 aliphatic rings. The van der Waals surface area contributed by atoms with Crippen molar-refractivity contribution in [2.75, 3.05) is 32.1 Å². The Kier molecular flexibility index (Phi) is 3.44. The van der Waals surface area contributed by atoms with Crippen molar-refractivity contribution < 1.29 is 4.39 Å². The van der Waals surface area contributed by atoms with Crippen LogP contribution >= 0.6 is 0 Å². The molecule has 0 fully saturated rings. The topological polar surface area (TPSA) is 15.3 Å². The van der Waals surface area contributed by atoms with E-state index in [0.29, 0.717) is 5.92 Å². The second-order valence-electron chi connectivity index (χ2n) is 4.50. The van der Waals surface area contributed by atoms with Gasteiger partial charge >= 0.3 is 0 Å². The SMILES string of the molecule is CNCCC1CCN(C)c2ccc(F)cc21. The largest absolute Gasteiger partial charge is 0.374 e. The molecule has 1 aliphatic heterocycles. The molecule has 2 nitrogen and oxygen atoms in total. The lowest BCUT2D eigenvalue weighted by Crippen LogP contribution is -2.28. The maximum Gasteiger partial charge on any atom is 0.123 e. The van der Waals surface area contributed by atoms with Crippen LogP contribution in [-0.2, 0) is 0 Å². The van der Waals surface area contributed by atoms with Crippen molar-refractivity contribution in [2.24, 2.45) is 0 Å². The zero-order chi connectivity index (χ0) is 11.5. The number of benzene rings is 1. The number of nitrogens with one attached hydrogen (secondary N) is 1. The second-order valence-corrected chi connectivity index (χ2v) is 4.50. The summed E-state index contributed by atoms with van der Waals surface area (Å²) in [7, 11) is 4.03. The summed E-state index contributed by atoms with van der Waals surface area (Å²) < 4.78 is 13.3. The summed E-state index contributed by atoms with van der Waals surface area (Å²) >= 11 is 0. The number of rotatable bonds is 3. The van der Waals surface area contributed by atoms with Gasteiger partial charge in [-0.15, -0.1) is 0 Å². The van der Waals surface area contributed by atoms with Crippen LogP contribution in [0.5, 0.6) is 0 Å². The quantitative estimate of drug-likeness (QED) is 0.844. The first-order chi connectivity index (χ1) is 7.72. The Hall–Kier alpha value is -1.09. The zero-order valence-electron chi connectivity index (χ0n) is 9.96. The Labute approximate surface area is 96.5 Å². The maximum absolute atomic E-state index is 13.3. The van der Waals surface area contributed by atoms with E-state index in [1.807, 2.05) is 13.1 Å². The van der Waals surface area contributed by atoms with Crippen molar-refractivity contribution in [1.29, 1.82) is 0 Å². The average molecular weight is 222 g/mol. The molecule has 88 valence electrons. The minimum absolute atomic E-state index is 0.122. The third kappa shape index (κ3) is 2.19. The van der Waals surface area contributed by atoms with E-state index in [4.69, 9.17) is 0 Å². The number of halogens is 1. The smallest absolute Gasteiger partial charge is 0.123 e. The van der Waals surface area contributed by atoms with Crippen molar-refractivity contribution >= 4 is 5.69 Å². The van der Waals surface area contributed by atoms with Crippen molar-refractivity contribution in [3.8, 4) is 0 Å². The van der Waals surface area contributed by atoms with Crippen LogP contribution in [0.3, 0.4) is 0 Å². The average Bonchev–Trinajstić information content (AvgIpc) is 2.28. The lowest BCUT2D eigenvalue weighted by Gasteiger charge is -2.33. The fourth-order valence-corrected chi connectivity index (χ4v) is 2.44. The molecule has 2 rings (SSSR count). The van der Waals surface area contributed by atoms with Gasteiger partial charge in [0.1, 0.15) is 5.82 Å². The lowest BCUT2D eigenvalue weighted by molar-refractivity contribution is 0.532. The molecule has 0 saturated carbocycles. The molecule has 1 atom stereocenters. The Morgan fingerprint density at radius 2 is 2.31 bits per heavy atom. The molecular weight excluding hydrogens is 203 g/mol. The molecule has 1 aromatic carbocycles. The summed E-state index contributed by atoms with van der Waals surface area (Å²) in [6.45, 7) is 2.05. The van der Waals surface area contributed by atoms with Gasteiger partial charge in [-0.25, -0.2) is 4.39 Å². The molecule has 0 spiro atoms. The van der Waals surface area contributed by atoms with Crippen LogP contribution < -0.4 is 10.2 Å². The molecule has 0 aliphatic carbocycles. The van der Waals surface area contributed by atoms with Gasteiger partial charge in [-0.2, -0.15) is 0 Å². The Morgan fingerprint density at radius 1 is 1.50 bits per heavy atom. The van der Waals surface area contributed by atoms with Gasteiger partial charge in [-0.05, 0) is 56.1 Å². The fourth-order valence-electron chi connectivity index (χ4n) is 2.44. The number of hydrogen-bond acceptors (Lipinski definition) is 2. The molecule has 0 saturated heterocycles. The van der Waals surface area contributed by atoms with E-state index in [9.17, 15) is 4.39 Å². The summed E-state index contributed by atoms with van der Waals surface area (Å²) in [5.41, 5.74) is 2.36. The van der Waals surface area contributed by atoms with Crippen molar-refractivity contribution in [2.45, 2.75) is 18.8 Å². The summed E-state index contributed by atoms with van der Waals surface area (Å²) in [6, 6.07) is 5.15. The van der Waals surface area contributed by atoms with E-state index < -0.39 is 0 Å². The van der Waals surface area contributed by atoms with E-state index in [1.165, 1.54) is 11.3 Å². The normalized spacial score (nSPS) is 19.7. The first-order valence-corrected chi connectivity index (χ1v) is 5.87. The molecule has 1 heterocycles. The monoisotopic (exact) mass is 222 g/mol. The molecule has 1 unspecified atom stereocenters. The number of hydrogen-bond donors (Lipinski definition) is 1. The highest BCUT2D eigenvalue weighted by Gasteiger charge is 2.23. The van der Waals surface area contributed by atoms with Gasteiger partial charge in [0.25, 0.3) is 0 Å². The van der Waals surface area contributed by atoms with Gasteiger partial charge < -0.3 is 10.2 Å². The van der Waals surface area contributed by atoms with Crippen LogP contribution in [0.4, 0.5) is 10.1 Å². The third-order valence-electron chi connectivity index (χ3n) is 3.40. The minimum Gasteiger partial charge on any atom is -0.374 e. The first kappa shape index (κ1) is 11.4. The van der Waals surface area contributed by atoms with E-state index in [2.05, 4.69) is 17.3 Å². The van der Waals surface area contributed by atoms with Gasteiger partial charge in [0.2, 0.25) is 0 Å². The molecule has 1 N–H and O–H groups in total. The Balaban J connectivity index is 2.27. The molecular formula is C13H19FN2. The van der Waals surface area contributed by atoms with Crippen LogP contribution in [0.1, 0.15) is 24.3 Å². The van der Waals surface area contributed by atoms with Crippen LogP contribution in [0.25, 0.3) is 0 Å². The van der Waals surface area contributed by atoms with Crippen LogP contribution in [0.2, 0.25) is 0 Å². The predicted molar refractivity (Wildman–Crippen MR) is 65.6 cm³/mol. The van der Waals surface area contributed by atoms with Crippen LogP contribution in [0, 0.1) is 5.82 Å². The third-order valence-corrected chi connectivity index (χ3v) is 3.40. The predicted octanol–water partition coefficient (Wildman–Crippen LogP) is 2.36. The van der Waals surface area contributed by atoms with Crippen molar-refractivity contribution in [1.82, 2.24) is 5.32 Å². The highest BCUT2D eigenvalue weighted by atomic mass is 19.1. The highest BCUT2D eigenvalue weighted by molar-refractivity contribution is 5.56. The molecule has 16 heavy (non-hydrogen) atoms. The van der Waals surface area contributed by atoms with Gasteiger partial charge in [0, 0.05) is 19.3 Å². The van der Waals surface area contributed by atoms with Gasteiger partial charge in [-0.1, -0.05) is 0 Å². The van der Waals surface area contributed by atoms with Gasteiger partial charge in [-0.3, -0.25) is 0 Å². The minimum atomic E-state index is -0.122. The van der Waals surface area contributed by atoms with E-state index >= 15 is 0 Å². The van der Waals surface area contributed by atoms with E-state index in [1.54, 1.807) is 12.1 Å². The summed E-state index contributed by atoms with van der Waals surface area (Å²) in [5, 5.41) is 3.16. The summed E-state index contributed by atoms with van der Waals surface area (Å²) in [5.74, 6) is 0.373. The van der Waals surface area contributed by atoms with Crippen molar-refractivity contribution in [3.05, 3.63) is 29.6 Å². The summed E-state index contributed by atoms with van der Waals surface area (Å²) in [4.78, 5) is 2.21. The highest BCUT2D eigenvalue weighted by Crippen LogP contribution is 2.36. The zero-order valence-corrected chi connectivity index (χ0v) is 9.96. The Morgan fingerprint density at radius 3 is 3.06 bits per heavy atom. The van der Waals surface area contributed by atoms with Crippen LogP contribution in [-0.4, -0.2) is 27.2 Å². The molecule has 0 aromatic heterocycles. The lowest BCUT2D eigenvalue weighted by atomic mass is 9.87. The Bertz CT molecular complexity index is 365.